The highest BCUT2D eigenvalue weighted by Gasteiger charge is 2.50. The average molecular weight is 336 g/mol. The van der Waals surface area contributed by atoms with E-state index in [0.29, 0.717) is 22.8 Å². The van der Waals surface area contributed by atoms with Crippen LogP contribution in [0.4, 0.5) is 0 Å². The van der Waals surface area contributed by atoms with Gasteiger partial charge in [-0.1, -0.05) is 6.07 Å². The zero-order valence-corrected chi connectivity index (χ0v) is 14.4. The van der Waals surface area contributed by atoms with Crippen LogP contribution in [0.5, 0.6) is 11.5 Å². The van der Waals surface area contributed by atoms with E-state index < -0.39 is 6.04 Å². The van der Waals surface area contributed by atoms with Crippen LogP contribution < -0.4 is 14.8 Å². The second-order valence-electron chi connectivity index (χ2n) is 5.84. The molecule has 0 saturated carbocycles. The molecule has 1 aromatic carbocycles. The fourth-order valence-corrected chi connectivity index (χ4v) is 4.53. The predicted octanol–water partition coefficient (Wildman–Crippen LogP) is 1.80. The zero-order valence-electron chi connectivity index (χ0n) is 13.6. The minimum atomic E-state index is -0.456. The summed E-state index contributed by atoms with van der Waals surface area (Å²) in [4.78, 5) is 27.0. The van der Waals surface area contributed by atoms with E-state index in [0.717, 1.165) is 5.56 Å². The van der Waals surface area contributed by atoms with Gasteiger partial charge >= 0.3 is 0 Å². The van der Waals surface area contributed by atoms with Gasteiger partial charge in [0.05, 0.1) is 19.8 Å². The Kier molecular flexibility index (Phi) is 4.14. The van der Waals surface area contributed by atoms with Crippen molar-refractivity contribution in [2.45, 2.75) is 31.3 Å². The first-order valence-corrected chi connectivity index (χ1v) is 8.54. The van der Waals surface area contributed by atoms with Gasteiger partial charge in [-0.3, -0.25) is 9.59 Å². The fraction of sp³-hybridized carbons (Fsp3) is 0.500. The number of hydrogen-bond acceptors (Lipinski definition) is 5. The summed E-state index contributed by atoms with van der Waals surface area (Å²) >= 11 is 1.60. The van der Waals surface area contributed by atoms with E-state index in [1.165, 1.54) is 7.11 Å². The third kappa shape index (κ3) is 2.43. The minimum Gasteiger partial charge on any atom is -0.493 e. The molecule has 2 aliphatic rings. The Balaban J connectivity index is 1.98. The smallest absolute Gasteiger partial charge is 0.260 e. The van der Waals surface area contributed by atoms with E-state index >= 15 is 0 Å². The molecule has 0 unspecified atom stereocenters. The van der Waals surface area contributed by atoms with Gasteiger partial charge in [0.2, 0.25) is 5.91 Å². The molecular formula is C16H20N2O4S. The van der Waals surface area contributed by atoms with Crippen molar-refractivity contribution >= 4 is 23.6 Å². The van der Waals surface area contributed by atoms with Gasteiger partial charge in [0.25, 0.3) is 5.91 Å². The van der Waals surface area contributed by atoms with Gasteiger partial charge in [0.15, 0.2) is 11.5 Å². The molecule has 0 aliphatic carbocycles. The molecule has 6 nitrogen and oxygen atoms in total. The van der Waals surface area contributed by atoms with Crippen LogP contribution in [0.2, 0.25) is 0 Å². The molecule has 1 N–H and O–H groups in total. The van der Waals surface area contributed by atoms with Gasteiger partial charge in [-0.05, 0) is 19.9 Å². The number of fused-ring (bicyclic) bond motifs is 3. The number of hydrogen-bond donors (Lipinski definition) is 1. The maximum atomic E-state index is 12.9. The summed E-state index contributed by atoms with van der Waals surface area (Å²) in [7, 11) is 3.06. The van der Waals surface area contributed by atoms with Crippen LogP contribution in [0, 0.1) is 0 Å². The maximum absolute atomic E-state index is 12.9. The molecule has 1 fully saturated rings. The highest BCUT2D eigenvalue weighted by Crippen LogP contribution is 2.52. The lowest BCUT2D eigenvalue weighted by atomic mass is 10.1. The quantitative estimate of drug-likeness (QED) is 0.908. The number of amides is 2. The molecule has 7 heteroatoms. The van der Waals surface area contributed by atoms with E-state index in [1.807, 2.05) is 19.9 Å². The molecule has 3 rings (SSSR count). The van der Waals surface area contributed by atoms with E-state index in [-0.39, 0.29) is 23.2 Å². The number of methoxy groups -OCH3 is 2. The van der Waals surface area contributed by atoms with Crippen LogP contribution >= 0.6 is 11.8 Å². The first-order valence-electron chi connectivity index (χ1n) is 7.49. The number of carbonyl (C=O) groups excluding carboxylic acids is 2. The normalized spacial score (nSPS) is 22.1. The van der Waals surface area contributed by atoms with Crippen LogP contribution in [0.3, 0.4) is 0 Å². The topological polar surface area (TPSA) is 67.9 Å². The van der Waals surface area contributed by atoms with Crippen molar-refractivity contribution in [1.82, 2.24) is 10.2 Å². The van der Waals surface area contributed by atoms with Gasteiger partial charge in [-0.15, -0.1) is 11.8 Å². The van der Waals surface area contributed by atoms with Crippen molar-refractivity contribution in [3.8, 4) is 11.5 Å². The number of nitrogens with zero attached hydrogens (tertiary/aromatic N) is 1. The van der Waals surface area contributed by atoms with Crippen molar-refractivity contribution in [3.05, 3.63) is 23.3 Å². The molecule has 2 amide bonds. The lowest BCUT2D eigenvalue weighted by Crippen LogP contribution is -2.47. The second-order valence-corrected chi connectivity index (χ2v) is 6.96. The van der Waals surface area contributed by atoms with Gasteiger partial charge in [0.1, 0.15) is 11.4 Å². The monoisotopic (exact) mass is 336 g/mol. The molecule has 0 radical (unpaired) electrons. The van der Waals surface area contributed by atoms with Crippen LogP contribution in [0.25, 0.3) is 0 Å². The van der Waals surface area contributed by atoms with Crippen LogP contribution in [-0.4, -0.2) is 48.8 Å². The maximum Gasteiger partial charge on any atom is 0.260 e. The standard InChI is InChI=1S/C16H20N2O4S/c1-8(2)17-14(19)10-7-23-16-9-5-6-11(21-3)13(22-4)12(9)15(20)18(10)16/h5-6,8,10,16H,7H2,1-4H3,(H,17,19)/t10-,16+/m1/s1. The Morgan fingerprint density at radius 1 is 1.35 bits per heavy atom. The van der Waals surface area contributed by atoms with Crippen molar-refractivity contribution in [1.29, 1.82) is 0 Å². The van der Waals surface area contributed by atoms with E-state index in [1.54, 1.807) is 29.8 Å². The van der Waals surface area contributed by atoms with Crippen molar-refractivity contribution < 1.29 is 19.1 Å². The summed E-state index contributed by atoms with van der Waals surface area (Å²) in [5, 5.41) is 2.76. The first kappa shape index (κ1) is 16.0. The fourth-order valence-electron chi connectivity index (χ4n) is 3.07. The van der Waals surface area contributed by atoms with Crippen molar-refractivity contribution in [2.24, 2.45) is 0 Å². The molecule has 0 bridgehead atoms. The van der Waals surface area contributed by atoms with E-state index in [4.69, 9.17) is 9.47 Å². The summed E-state index contributed by atoms with van der Waals surface area (Å²) in [5.41, 5.74) is 1.39. The predicted molar refractivity (Wildman–Crippen MR) is 88.0 cm³/mol. The number of ether oxygens (including phenoxy) is 2. The second kappa shape index (κ2) is 5.96. The molecule has 2 heterocycles. The number of rotatable bonds is 4. The molecule has 1 saturated heterocycles. The zero-order chi connectivity index (χ0) is 16.7. The Hall–Kier alpha value is -1.89. The van der Waals surface area contributed by atoms with Crippen molar-refractivity contribution in [2.75, 3.05) is 20.0 Å². The molecular weight excluding hydrogens is 316 g/mol. The van der Waals surface area contributed by atoms with Crippen molar-refractivity contribution in [3.63, 3.8) is 0 Å². The number of carbonyl (C=O) groups is 2. The highest BCUT2D eigenvalue weighted by atomic mass is 32.2. The summed E-state index contributed by atoms with van der Waals surface area (Å²) in [6, 6.07) is 3.27. The van der Waals surface area contributed by atoms with Gasteiger partial charge in [-0.25, -0.2) is 0 Å². The minimum absolute atomic E-state index is 0.0428. The third-order valence-corrected chi connectivity index (χ3v) is 5.33. The van der Waals surface area contributed by atoms with E-state index in [9.17, 15) is 9.59 Å². The molecule has 124 valence electrons. The molecule has 23 heavy (non-hydrogen) atoms. The lowest BCUT2D eigenvalue weighted by molar-refractivity contribution is -0.125. The summed E-state index contributed by atoms with van der Waals surface area (Å²) in [6.45, 7) is 3.82. The molecule has 1 aromatic rings. The Morgan fingerprint density at radius 2 is 2.09 bits per heavy atom. The summed E-state index contributed by atoms with van der Waals surface area (Å²) < 4.78 is 10.7. The lowest BCUT2D eigenvalue weighted by Gasteiger charge is -2.23. The molecule has 0 spiro atoms. The van der Waals surface area contributed by atoms with Crippen LogP contribution in [-0.2, 0) is 4.79 Å². The van der Waals surface area contributed by atoms with Gasteiger partial charge in [0, 0.05) is 17.4 Å². The molecule has 2 aliphatic heterocycles. The average Bonchev–Trinajstić information content (AvgIpc) is 3.06. The first-order chi connectivity index (χ1) is 11.0. The largest absolute Gasteiger partial charge is 0.493 e. The highest BCUT2D eigenvalue weighted by molar-refractivity contribution is 7.99. The Labute approximate surface area is 139 Å². The summed E-state index contributed by atoms with van der Waals surface area (Å²) in [6.07, 6.45) is 0. The Bertz CT molecular complexity index is 662. The van der Waals surface area contributed by atoms with E-state index in [2.05, 4.69) is 5.32 Å². The van der Waals surface area contributed by atoms with Gasteiger partial charge < -0.3 is 19.7 Å². The SMILES string of the molecule is COc1ccc2c(c1OC)C(=O)N1[C@@H](C(=O)NC(C)C)CS[C@@H]21. The van der Waals surface area contributed by atoms with Crippen LogP contribution in [0.15, 0.2) is 12.1 Å². The summed E-state index contributed by atoms with van der Waals surface area (Å²) in [5.74, 6) is 1.28. The third-order valence-electron chi connectivity index (χ3n) is 4.03. The van der Waals surface area contributed by atoms with Gasteiger partial charge in [-0.2, -0.15) is 0 Å². The molecule has 2 atom stereocenters. The number of thioether (sulfide) groups is 1. The number of benzene rings is 1. The Morgan fingerprint density at radius 3 is 2.70 bits per heavy atom. The number of nitrogens with one attached hydrogen (secondary N) is 1. The van der Waals surface area contributed by atoms with Crippen LogP contribution in [0.1, 0.15) is 35.1 Å². The molecule has 0 aromatic heterocycles.